The number of carbonyl (C=O) groups is 2. The van der Waals surface area contributed by atoms with Crippen LogP contribution in [0.4, 0.5) is 0 Å². The predicted octanol–water partition coefficient (Wildman–Crippen LogP) is 0.0475. The highest BCUT2D eigenvalue weighted by atomic mass is 16.4. The molecule has 1 amide bonds. The third-order valence-corrected chi connectivity index (χ3v) is 1.38. The maximum atomic E-state index is 10.9. The predicted molar refractivity (Wildman–Crippen MR) is 39.8 cm³/mol. The molecule has 0 heterocycles. The highest BCUT2D eigenvalue weighted by Crippen LogP contribution is 2.06. The Labute approximate surface area is 65.6 Å². The normalized spacial score (nSPS) is 12.2. The summed E-state index contributed by atoms with van der Waals surface area (Å²) in [5.74, 6) is -1.73. The Balaban J connectivity index is 3.94. The van der Waals surface area contributed by atoms with Crippen molar-refractivity contribution in [3.63, 3.8) is 0 Å². The summed E-state index contributed by atoms with van der Waals surface area (Å²) in [6.07, 6.45) is 1.43. The summed E-state index contributed by atoms with van der Waals surface area (Å²) >= 11 is 0. The van der Waals surface area contributed by atoms with E-state index in [0.29, 0.717) is 0 Å². The molecule has 0 saturated heterocycles. The fourth-order valence-electron chi connectivity index (χ4n) is 0.735. The Kier molecular flexibility index (Phi) is 4.26. The molecule has 11 heavy (non-hydrogen) atoms. The van der Waals surface area contributed by atoms with Crippen molar-refractivity contribution in [3.8, 4) is 0 Å². The highest BCUT2D eigenvalue weighted by Gasteiger charge is 2.10. The van der Waals surface area contributed by atoms with Crippen molar-refractivity contribution in [3.05, 3.63) is 6.42 Å². The van der Waals surface area contributed by atoms with Crippen molar-refractivity contribution in [2.24, 2.45) is 5.92 Å². The van der Waals surface area contributed by atoms with Crippen molar-refractivity contribution in [2.45, 2.75) is 13.3 Å². The Morgan fingerprint density at radius 1 is 1.64 bits per heavy atom. The molecule has 0 aromatic heterocycles. The van der Waals surface area contributed by atoms with E-state index in [-0.39, 0.29) is 12.3 Å². The van der Waals surface area contributed by atoms with Crippen molar-refractivity contribution in [2.75, 3.05) is 7.05 Å². The molecule has 0 aromatic carbocycles. The first kappa shape index (κ1) is 9.94. The summed E-state index contributed by atoms with van der Waals surface area (Å²) in [5.41, 5.74) is 0. The molecule has 0 rings (SSSR count). The first-order valence-corrected chi connectivity index (χ1v) is 3.34. The summed E-state index contributed by atoms with van der Waals surface area (Å²) in [6.45, 7) is 1.67. The zero-order valence-corrected chi connectivity index (χ0v) is 6.63. The van der Waals surface area contributed by atoms with Gasteiger partial charge in [-0.2, -0.15) is 6.92 Å². The van der Waals surface area contributed by atoms with Gasteiger partial charge >= 0.3 is 5.97 Å². The second-order valence-corrected chi connectivity index (χ2v) is 2.15. The van der Waals surface area contributed by atoms with E-state index < -0.39 is 11.9 Å². The number of carboxylic acid groups (broad SMARTS) is 1. The topological polar surface area (TPSA) is 66.4 Å². The zero-order chi connectivity index (χ0) is 8.85. The molecule has 1 unspecified atom stereocenters. The second-order valence-electron chi connectivity index (χ2n) is 2.15. The van der Waals surface area contributed by atoms with Crippen LogP contribution in [0.25, 0.3) is 0 Å². The lowest BCUT2D eigenvalue weighted by Gasteiger charge is -2.17. The number of carboxylic acids is 1. The van der Waals surface area contributed by atoms with Gasteiger partial charge in [-0.1, -0.05) is 5.92 Å². The van der Waals surface area contributed by atoms with Crippen LogP contribution in [-0.4, -0.2) is 24.0 Å². The minimum atomic E-state index is -0.961. The second kappa shape index (κ2) is 4.71. The highest BCUT2D eigenvalue weighted by molar-refractivity contribution is 5.83. The summed E-state index contributed by atoms with van der Waals surface area (Å²) < 4.78 is 0. The summed E-state index contributed by atoms with van der Waals surface area (Å²) in [7, 11) is 1.49. The van der Waals surface area contributed by atoms with E-state index in [9.17, 15) is 9.59 Å². The van der Waals surface area contributed by atoms with Crippen LogP contribution in [0.15, 0.2) is 0 Å². The zero-order valence-electron chi connectivity index (χ0n) is 6.63. The van der Waals surface area contributed by atoms with Crippen LogP contribution in [0, 0.1) is 12.3 Å². The first-order chi connectivity index (χ1) is 5.11. The fraction of sp³-hybridized carbons (Fsp3) is 0.571. The summed E-state index contributed by atoms with van der Waals surface area (Å²) in [4.78, 5) is 21.1. The van der Waals surface area contributed by atoms with E-state index in [1.54, 1.807) is 13.3 Å². The fourth-order valence-corrected chi connectivity index (χ4v) is 0.735. The number of aliphatic carboxylic acids is 1. The van der Waals surface area contributed by atoms with Crippen molar-refractivity contribution in [1.29, 1.82) is 0 Å². The molecule has 1 atom stereocenters. The van der Waals surface area contributed by atoms with Gasteiger partial charge in [-0.05, 0) is 0 Å². The monoisotopic (exact) mass is 158 g/mol. The van der Waals surface area contributed by atoms with Gasteiger partial charge < -0.3 is 16.8 Å². The van der Waals surface area contributed by atoms with Gasteiger partial charge in [0.1, 0.15) is 0 Å². The molecular formula is C7H12NO3-. The van der Waals surface area contributed by atoms with Crippen LogP contribution in [-0.2, 0) is 9.59 Å². The van der Waals surface area contributed by atoms with E-state index in [1.165, 1.54) is 7.05 Å². The van der Waals surface area contributed by atoms with Crippen molar-refractivity contribution < 1.29 is 14.7 Å². The lowest BCUT2D eigenvalue weighted by molar-refractivity contribution is -0.140. The molecule has 0 radical (unpaired) electrons. The maximum Gasteiger partial charge on any atom is 0.301 e. The standard InChI is InChI=1S/C7H12NO3/c1-3-5(4-6(9)10)7(11)8-2/h3,5H,4H2,1-2H3,(H,8,11)(H,9,10)/q-1. The Bertz CT molecular complexity index is 156. The minimum absolute atomic E-state index is 0.143. The van der Waals surface area contributed by atoms with Crippen LogP contribution in [0.2, 0.25) is 0 Å². The maximum absolute atomic E-state index is 10.9. The van der Waals surface area contributed by atoms with E-state index in [4.69, 9.17) is 5.11 Å². The molecule has 2 N–H and O–H groups in total. The average molecular weight is 158 g/mol. The van der Waals surface area contributed by atoms with Gasteiger partial charge in [0.15, 0.2) is 5.91 Å². The van der Waals surface area contributed by atoms with E-state index in [0.717, 1.165) is 0 Å². The number of amides is 1. The van der Waals surface area contributed by atoms with Crippen molar-refractivity contribution in [1.82, 2.24) is 5.32 Å². The lowest BCUT2D eigenvalue weighted by Crippen LogP contribution is -2.28. The van der Waals surface area contributed by atoms with Gasteiger partial charge in [-0.15, -0.1) is 0 Å². The average Bonchev–Trinajstić information content (AvgIpc) is 1.98. The molecule has 0 aliphatic rings. The van der Waals surface area contributed by atoms with Crippen LogP contribution in [0.1, 0.15) is 13.3 Å². The molecule has 0 fully saturated rings. The Hall–Kier alpha value is -1.06. The van der Waals surface area contributed by atoms with Gasteiger partial charge in [0.25, 0.3) is 0 Å². The van der Waals surface area contributed by atoms with Crippen LogP contribution < -0.4 is 5.32 Å². The van der Waals surface area contributed by atoms with Gasteiger partial charge in [0.05, 0.1) is 0 Å². The third-order valence-electron chi connectivity index (χ3n) is 1.38. The number of nitrogens with one attached hydrogen (secondary N) is 1. The number of hydrogen-bond acceptors (Lipinski definition) is 2. The molecule has 4 nitrogen and oxygen atoms in total. The third kappa shape index (κ3) is 3.60. The molecule has 64 valence electrons. The molecule has 0 aliphatic heterocycles. The first-order valence-electron chi connectivity index (χ1n) is 3.34. The summed E-state index contributed by atoms with van der Waals surface area (Å²) in [6, 6.07) is 0. The van der Waals surface area contributed by atoms with E-state index in [2.05, 4.69) is 5.32 Å². The minimum Gasteiger partial charge on any atom is -0.481 e. The smallest absolute Gasteiger partial charge is 0.301 e. The molecule has 0 aromatic rings. The van der Waals surface area contributed by atoms with Gasteiger partial charge in [0, 0.05) is 13.5 Å². The Morgan fingerprint density at radius 3 is 2.45 bits per heavy atom. The molecule has 0 aliphatic carbocycles. The quantitative estimate of drug-likeness (QED) is 0.568. The molecule has 0 spiro atoms. The lowest BCUT2D eigenvalue weighted by atomic mass is 10.0. The van der Waals surface area contributed by atoms with Crippen molar-refractivity contribution >= 4 is 11.9 Å². The molecule has 0 bridgehead atoms. The molecule has 4 heteroatoms. The van der Waals surface area contributed by atoms with Gasteiger partial charge in [0.2, 0.25) is 0 Å². The molecule has 0 saturated carbocycles. The van der Waals surface area contributed by atoms with Gasteiger partial charge in [-0.25, -0.2) is 0 Å². The molecular weight excluding hydrogens is 146 g/mol. The van der Waals surface area contributed by atoms with E-state index >= 15 is 0 Å². The van der Waals surface area contributed by atoms with Crippen LogP contribution >= 0.6 is 0 Å². The van der Waals surface area contributed by atoms with Crippen LogP contribution in [0.3, 0.4) is 0 Å². The number of hydrogen-bond donors (Lipinski definition) is 2. The van der Waals surface area contributed by atoms with Gasteiger partial charge in [-0.3, -0.25) is 9.59 Å². The van der Waals surface area contributed by atoms with Crippen LogP contribution in [0.5, 0.6) is 0 Å². The van der Waals surface area contributed by atoms with E-state index in [1.807, 2.05) is 0 Å². The SMILES string of the molecule is C[CH-]C(CC(=O)O)C(=O)NC. The summed E-state index contributed by atoms with van der Waals surface area (Å²) in [5, 5.41) is 10.7. The Morgan fingerprint density at radius 2 is 2.18 bits per heavy atom. The largest absolute Gasteiger partial charge is 0.481 e. The number of rotatable bonds is 4. The number of carbonyl (C=O) groups excluding carboxylic acids is 1.